The van der Waals surface area contributed by atoms with Gasteiger partial charge in [0.15, 0.2) is 11.5 Å². The van der Waals surface area contributed by atoms with Gasteiger partial charge in [0.2, 0.25) is 0 Å². The van der Waals surface area contributed by atoms with E-state index in [0.717, 1.165) is 37.4 Å². The summed E-state index contributed by atoms with van der Waals surface area (Å²) in [5.41, 5.74) is 7.07. The molecule has 1 unspecified atom stereocenters. The number of aryl methyl sites for hydroxylation is 2. The van der Waals surface area contributed by atoms with E-state index in [1.807, 2.05) is 0 Å². The number of methoxy groups -OCH3 is 2. The third kappa shape index (κ3) is 1.92. The summed E-state index contributed by atoms with van der Waals surface area (Å²) in [7, 11) is 3.45. The van der Waals surface area contributed by atoms with Crippen LogP contribution in [0.25, 0.3) is 0 Å². The van der Waals surface area contributed by atoms with E-state index >= 15 is 0 Å². The van der Waals surface area contributed by atoms with Crippen molar-refractivity contribution in [3.63, 3.8) is 0 Å². The topological polar surface area (TPSA) is 30.5 Å². The summed E-state index contributed by atoms with van der Waals surface area (Å²) in [6.07, 6.45) is 2.16. The van der Waals surface area contributed by atoms with E-state index in [4.69, 9.17) is 9.47 Å². The van der Waals surface area contributed by atoms with Crippen molar-refractivity contribution in [3.8, 4) is 11.5 Å². The molecule has 2 aliphatic rings. The summed E-state index contributed by atoms with van der Waals surface area (Å²) in [5.74, 6) is 2.15. The highest BCUT2D eigenvalue weighted by atomic mass is 16.5. The molecule has 3 heteroatoms. The Hall–Kier alpha value is -2.00. The third-order valence-electron chi connectivity index (χ3n) is 4.99. The fourth-order valence-electron chi connectivity index (χ4n) is 4.04. The van der Waals surface area contributed by atoms with Crippen molar-refractivity contribution < 1.29 is 9.47 Å². The lowest BCUT2D eigenvalue weighted by Crippen LogP contribution is -2.30. The SMILES string of the molecule is COc1cc2c3c(c1OC)CNCC3c1ccccc1CC2. The molecule has 0 spiro atoms. The Kier molecular flexibility index (Phi) is 3.30. The molecule has 114 valence electrons. The third-order valence-corrected chi connectivity index (χ3v) is 4.99. The van der Waals surface area contributed by atoms with E-state index < -0.39 is 0 Å². The predicted octanol–water partition coefficient (Wildman–Crippen LogP) is 3.04. The smallest absolute Gasteiger partial charge is 0.165 e. The average Bonchev–Trinajstić information content (AvgIpc) is 2.73. The largest absolute Gasteiger partial charge is 0.493 e. The fourth-order valence-corrected chi connectivity index (χ4v) is 4.04. The second-order valence-electron chi connectivity index (χ2n) is 6.05. The highest BCUT2D eigenvalue weighted by molar-refractivity contribution is 5.60. The second kappa shape index (κ2) is 5.33. The molecule has 3 nitrogen and oxygen atoms in total. The fraction of sp³-hybridized carbons (Fsp3) is 0.368. The quantitative estimate of drug-likeness (QED) is 0.924. The minimum atomic E-state index is 0.414. The standard InChI is InChI=1S/C19H21NO2/c1-21-17-9-13-8-7-12-5-3-4-6-14(12)15-10-20-11-16(18(13)15)19(17)22-2/h3-6,9,15,20H,7-8,10-11H2,1-2H3. The molecule has 0 amide bonds. The first kappa shape index (κ1) is 13.6. The van der Waals surface area contributed by atoms with Crippen molar-refractivity contribution in [2.45, 2.75) is 25.3 Å². The summed E-state index contributed by atoms with van der Waals surface area (Å²) in [6.45, 7) is 1.84. The highest BCUT2D eigenvalue weighted by Gasteiger charge is 2.31. The molecule has 1 aliphatic carbocycles. The molecule has 1 N–H and O–H groups in total. The lowest BCUT2D eigenvalue weighted by molar-refractivity contribution is 0.347. The maximum absolute atomic E-state index is 5.67. The van der Waals surface area contributed by atoms with Gasteiger partial charge in [-0.3, -0.25) is 0 Å². The first-order valence-corrected chi connectivity index (χ1v) is 7.88. The van der Waals surface area contributed by atoms with E-state index in [0.29, 0.717) is 5.92 Å². The number of hydrogen-bond donors (Lipinski definition) is 1. The molecule has 2 aromatic rings. The molecule has 0 aromatic heterocycles. The normalized spacial score (nSPS) is 18.9. The molecule has 0 radical (unpaired) electrons. The van der Waals surface area contributed by atoms with Gasteiger partial charge in [0.25, 0.3) is 0 Å². The zero-order valence-corrected chi connectivity index (χ0v) is 13.1. The van der Waals surface area contributed by atoms with Crippen LogP contribution in [0.15, 0.2) is 30.3 Å². The lowest BCUT2D eigenvalue weighted by Gasteiger charge is -2.30. The Morgan fingerprint density at radius 2 is 1.86 bits per heavy atom. The maximum Gasteiger partial charge on any atom is 0.165 e. The zero-order chi connectivity index (χ0) is 15.1. The van der Waals surface area contributed by atoms with Gasteiger partial charge in [-0.05, 0) is 41.2 Å². The van der Waals surface area contributed by atoms with Crippen LogP contribution in [0.2, 0.25) is 0 Å². The molecular weight excluding hydrogens is 274 g/mol. The first-order chi connectivity index (χ1) is 10.8. The van der Waals surface area contributed by atoms with Crippen LogP contribution in [0.1, 0.15) is 33.7 Å². The van der Waals surface area contributed by atoms with Gasteiger partial charge < -0.3 is 14.8 Å². The van der Waals surface area contributed by atoms with Gasteiger partial charge in [0.1, 0.15) is 0 Å². The van der Waals surface area contributed by atoms with Gasteiger partial charge in [-0.25, -0.2) is 0 Å². The van der Waals surface area contributed by atoms with E-state index in [9.17, 15) is 0 Å². The van der Waals surface area contributed by atoms with Gasteiger partial charge in [0.05, 0.1) is 14.2 Å². The summed E-state index contributed by atoms with van der Waals surface area (Å²) in [4.78, 5) is 0. The van der Waals surface area contributed by atoms with Gasteiger partial charge in [-0.2, -0.15) is 0 Å². The molecule has 2 aromatic carbocycles. The minimum absolute atomic E-state index is 0.414. The minimum Gasteiger partial charge on any atom is -0.493 e. The monoisotopic (exact) mass is 295 g/mol. The Morgan fingerprint density at radius 3 is 2.68 bits per heavy atom. The second-order valence-corrected chi connectivity index (χ2v) is 6.05. The number of nitrogens with one attached hydrogen (secondary N) is 1. The van der Waals surface area contributed by atoms with Gasteiger partial charge >= 0.3 is 0 Å². The van der Waals surface area contributed by atoms with Crippen LogP contribution >= 0.6 is 0 Å². The van der Waals surface area contributed by atoms with Gasteiger partial charge in [-0.1, -0.05) is 24.3 Å². The van der Waals surface area contributed by atoms with Crippen molar-refractivity contribution in [1.29, 1.82) is 0 Å². The number of rotatable bonds is 2. The summed E-state index contributed by atoms with van der Waals surface area (Å²) in [6, 6.07) is 11.0. The van der Waals surface area contributed by atoms with Gasteiger partial charge in [-0.15, -0.1) is 0 Å². The summed E-state index contributed by atoms with van der Waals surface area (Å²) in [5, 5.41) is 3.56. The van der Waals surface area contributed by atoms with E-state index in [1.165, 1.54) is 27.8 Å². The van der Waals surface area contributed by atoms with Crippen LogP contribution in [0, 0.1) is 0 Å². The van der Waals surface area contributed by atoms with Crippen molar-refractivity contribution in [2.24, 2.45) is 0 Å². The molecule has 22 heavy (non-hydrogen) atoms. The number of hydrogen-bond acceptors (Lipinski definition) is 3. The summed E-state index contributed by atoms with van der Waals surface area (Å²) < 4.78 is 11.2. The maximum atomic E-state index is 5.67. The predicted molar refractivity (Wildman–Crippen MR) is 86.9 cm³/mol. The average molecular weight is 295 g/mol. The molecular formula is C19H21NO2. The van der Waals surface area contributed by atoms with Crippen LogP contribution in [-0.2, 0) is 19.4 Å². The van der Waals surface area contributed by atoms with Crippen LogP contribution < -0.4 is 14.8 Å². The number of ether oxygens (including phenoxy) is 2. The Labute approximate surface area is 131 Å². The molecule has 0 bridgehead atoms. The molecule has 1 atom stereocenters. The Bertz CT molecular complexity index is 724. The molecule has 1 heterocycles. The Morgan fingerprint density at radius 1 is 1.05 bits per heavy atom. The van der Waals surface area contributed by atoms with Crippen molar-refractivity contribution >= 4 is 0 Å². The van der Waals surface area contributed by atoms with Crippen LogP contribution in [0.4, 0.5) is 0 Å². The van der Waals surface area contributed by atoms with Gasteiger partial charge in [0, 0.05) is 24.6 Å². The molecule has 0 saturated carbocycles. The van der Waals surface area contributed by atoms with Crippen molar-refractivity contribution in [3.05, 3.63) is 58.1 Å². The summed E-state index contributed by atoms with van der Waals surface area (Å²) >= 11 is 0. The number of benzene rings is 2. The highest BCUT2D eigenvalue weighted by Crippen LogP contribution is 2.45. The molecule has 0 fully saturated rings. The van der Waals surface area contributed by atoms with Crippen LogP contribution in [0.3, 0.4) is 0 Å². The lowest BCUT2D eigenvalue weighted by atomic mass is 9.82. The Balaban J connectivity index is 1.98. The molecule has 0 saturated heterocycles. The first-order valence-electron chi connectivity index (χ1n) is 7.88. The van der Waals surface area contributed by atoms with Crippen LogP contribution in [-0.4, -0.2) is 20.8 Å². The zero-order valence-electron chi connectivity index (χ0n) is 13.1. The molecule has 1 aliphatic heterocycles. The molecule has 4 rings (SSSR count). The van der Waals surface area contributed by atoms with E-state index in [2.05, 4.69) is 35.6 Å². The van der Waals surface area contributed by atoms with Crippen LogP contribution in [0.5, 0.6) is 11.5 Å². The number of fused-ring (bicyclic) bond motifs is 2. The van der Waals surface area contributed by atoms with Crippen molar-refractivity contribution in [1.82, 2.24) is 5.32 Å². The van der Waals surface area contributed by atoms with Crippen molar-refractivity contribution in [2.75, 3.05) is 20.8 Å². The van der Waals surface area contributed by atoms with E-state index in [1.54, 1.807) is 14.2 Å². The van der Waals surface area contributed by atoms with E-state index in [-0.39, 0.29) is 0 Å².